The second-order valence-electron chi connectivity index (χ2n) is 4.25. The summed E-state index contributed by atoms with van der Waals surface area (Å²) < 4.78 is 13.5. The zero-order chi connectivity index (χ0) is 13.1. The van der Waals surface area contributed by atoms with Gasteiger partial charge in [0.25, 0.3) is 0 Å². The molecular formula is C14H14ClFN2. The molecule has 2 nitrogen and oxygen atoms in total. The molecule has 0 radical (unpaired) electrons. The zero-order valence-corrected chi connectivity index (χ0v) is 11.1. The van der Waals surface area contributed by atoms with Crippen molar-refractivity contribution >= 4 is 17.3 Å². The Labute approximate surface area is 111 Å². The summed E-state index contributed by atoms with van der Waals surface area (Å²) in [6.45, 7) is 4.14. The fraction of sp³-hybridized carbons (Fsp3) is 0.214. The standard InChI is InChI=1S/C14H14ClFN2/c1-9-5-11(6-10(2)14(9)16)7-18-13-3-4-17-8-12(13)15/h3-6,8H,7H2,1-2H3,(H,17,18). The molecule has 94 valence electrons. The first-order chi connectivity index (χ1) is 8.58. The highest BCUT2D eigenvalue weighted by Gasteiger charge is 2.05. The molecule has 0 aliphatic rings. The minimum Gasteiger partial charge on any atom is -0.380 e. The quantitative estimate of drug-likeness (QED) is 0.903. The van der Waals surface area contributed by atoms with Crippen LogP contribution >= 0.6 is 11.6 Å². The smallest absolute Gasteiger partial charge is 0.129 e. The molecule has 1 N–H and O–H groups in total. The molecule has 0 saturated heterocycles. The van der Waals surface area contributed by atoms with Crippen LogP contribution in [0.5, 0.6) is 0 Å². The van der Waals surface area contributed by atoms with E-state index in [1.54, 1.807) is 26.2 Å². The Kier molecular flexibility index (Phi) is 3.82. The van der Waals surface area contributed by atoms with Gasteiger partial charge in [-0.2, -0.15) is 0 Å². The van der Waals surface area contributed by atoms with Crippen LogP contribution in [0.3, 0.4) is 0 Å². The van der Waals surface area contributed by atoms with Gasteiger partial charge in [-0.25, -0.2) is 4.39 Å². The Bertz CT molecular complexity index is 546. The summed E-state index contributed by atoms with van der Waals surface area (Å²) in [6.07, 6.45) is 3.26. The van der Waals surface area contributed by atoms with Crippen molar-refractivity contribution in [2.75, 3.05) is 5.32 Å². The minimum atomic E-state index is -0.138. The van der Waals surface area contributed by atoms with Crippen molar-refractivity contribution in [3.8, 4) is 0 Å². The molecule has 0 bridgehead atoms. The van der Waals surface area contributed by atoms with E-state index in [0.29, 0.717) is 22.7 Å². The fourth-order valence-corrected chi connectivity index (χ4v) is 2.04. The molecule has 1 aromatic heterocycles. The molecule has 0 aliphatic carbocycles. The highest BCUT2D eigenvalue weighted by atomic mass is 35.5. The number of halogens is 2. The molecule has 0 aliphatic heterocycles. The second kappa shape index (κ2) is 5.36. The number of nitrogens with one attached hydrogen (secondary N) is 1. The predicted molar refractivity (Wildman–Crippen MR) is 72.4 cm³/mol. The molecule has 0 saturated carbocycles. The van der Waals surface area contributed by atoms with Gasteiger partial charge in [0.1, 0.15) is 5.82 Å². The van der Waals surface area contributed by atoms with Crippen molar-refractivity contribution in [3.63, 3.8) is 0 Å². The molecule has 4 heteroatoms. The normalized spacial score (nSPS) is 10.4. The molecule has 0 atom stereocenters. The molecule has 0 amide bonds. The van der Waals surface area contributed by atoms with E-state index in [2.05, 4.69) is 10.3 Å². The summed E-state index contributed by atoms with van der Waals surface area (Å²) >= 11 is 5.99. The summed E-state index contributed by atoms with van der Waals surface area (Å²) in [5, 5.41) is 3.79. The SMILES string of the molecule is Cc1cc(CNc2ccncc2Cl)cc(C)c1F. The number of aryl methyl sites for hydroxylation is 2. The van der Waals surface area contributed by atoms with Crippen molar-refractivity contribution < 1.29 is 4.39 Å². The summed E-state index contributed by atoms with van der Waals surface area (Å²) in [4.78, 5) is 3.92. The van der Waals surface area contributed by atoms with E-state index in [4.69, 9.17) is 11.6 Å². The van der Waals surface area contributed by atoms with E-state index in [0.717, 1.165) is 11.3 Å². The lowest BCUT2D eigenvalue weighted by Crippen LogP contribution is -2.02. The van der Waals surface area contributed by atoms with Crippen molar-refractivity contribution in [2.45, 2.75) is 20.4 Å². The van der Waals surface area contributed by atoms with Gasteiger partial charge in [0.15, 0.2) is 0 Å². The molecule has 18 heavy (non-hydrogen) atoms. The summed E-state index contributed by atoms with van der Waals surface area (Å²) in [5.74, 6) is -0.138. The van der Waals surface area contributed by atoms with E-state index in [1.807, 2.05) is 18.2 Å². The number of hydrogen-bond acceptors (Lipinski definition) is 2. The molecule has 0 unspecified atom stereocenters. The lowest BCUT2D eigenvalue weighted by atomic mass is 10.1. The summed E-state index contributed by atoms with van der Waals surface area (Å²) in [7, 11) is 0. The van der Waals surface area contributed by atoms with Crippen LogP contribution in [0.25, 0.3) is 0 Å². The van der Waals surface area contributed by atoms with E-state index in [1.165, 1.54) is 0 Å². The number of hydrogen-bond donors (Lipinski definition) is 1. The van der Waals surface area contributed by atoms with Gasteiger partial charge in [0.05, 0.1) is 10.7 Å². The second-order valence-corrected chi connectivity index (χ2v) is 4.66. The first-order valence-electron chi connectivity index (χ1n) is 5.67. The highest BCUT2D eigenvalue weighted by molar-refractivity contribution is 6.33. The van der Waals surface area contributed by atoms with E-state index in [9.17, 15) is 4.39 Å². The van der Waals surface area contributed by atoms with Crippen molar-refractivity contribution in [1.82, 2.24) is 4.98 Å². The Morgan fingerprint density at radius 2 is 1.94 bits per heavy atom. The number of nitrogens with zero attached hydrogens (tertiary/aromatic N) is 1. The van der Waals surface area contributed by atoms with Gasteiger partial charge in [-0.3, -0.25) is 4.98 Å². The van der Waals surface area contributed by atoms with Gasteiger partial charge < -0.3 is 5.32 Å². The predicted octanol–water partition coefficient (Wildman–Crippen LogP) is 4.10. The maximum atomic E-state index is 13.5. The molecule has 1 heterocycles. The number of aromatic nitrogens is 1. The monoisotopic (exact) mass is 264 g/mol. The van der Waals surface area contributed by atoms with Gasteiger partial charge in [-0.15, -0.1) is 0 Å². The number of pyridine rings is 1. The van der Waals surface area contributed by atoms with Crippen LogP contribution < -0.4 is 5.32 Å². The zero-order valence-electron chi connectivity index (χ0n) is 10.3. The maximum absolute atomic E-state index is 13.5. The number of anilines is 1. The minimum absolute atomic E-state index is 0.138. The van der Waals surface area contributed by atoms with Crippen molar-refractivity contribution in [1.29, 1.82) is 0 Å². The molecular weight excluding hydrogens is 251 g/mol. The van der Waals surface area contributed by atoms with Crippen LogP contribution in [-0.2, 0) is 6.54 Å². The van der Waals surface area contributed by atoms with E-state index in [-0.39, 0.29) is 5.82 Å². The average molecular weight is 265 g/mol. The van der Waals surface area contributed by atoms with Gasteiger partial charge in [-0.05, 0) is 36.6 Å². The largest absolute Gasteiger partial charge is 0.380 e. The number of benzene rings is 1. The van der Waals surface area contributed by atoms with Gasteiger partial charge in [0, 0.05) is 18.9 Å². The van der Waals surface area contributed by atoms with Gasteiger partial charge in [0.2, 0.25) is 0 Å². The lowest BCUT2D eigenvalue weighted by Gasteiger charge is -2.10. The van der Waals surface area contributed by atoms with Crippen molar-refractivity contribution in [2.24, 2.45) is 0 Å². The van der Waals surface area contributed by atoms with Crippen LogP contribution in [0.1, 0.15) is 16.7 Å². The first kappa shape index (κ1) is 12.8. The van der Waals surface area contributed by atoms with Crippen LogP contribution in [0.15, 0.2) is 30.6 Å². The van der Waals surface area contributed by atoms with Crippen LogP contribution in [0, 0.1) is 19.7 Å². The fourth-order valence-electron chi connectivity index (χ4n) is 1.85. The molecule has 2 aromatic rings. The Balaban J connectivity index is 2.14. The molecule has 0 fully saturated rings. The van der Waals surface area contributed by atoms with Gasteiger partial charge in [-0.1, -0.05) is 23.7 Å². The third-order valence-corrected chi connectivity index (χ3v) is 3.05. The topological polar surface area (TPSA) is 24.9 Å². The lowest BCUT2D eigenvalue weighted by molar-refractivity contribution is 0.608. The Morgan fingerprint density at radius 3 is 2.56 bits per heavy atom. The van der Waals surface area contributed by atoms with E-state index >= 15 is 0 Å². The Hall–Kier alpha value is -1.61. The number of rotatable bonds is 3. The van der Waals surface area contributed by atoms with E-state index < -0.39 is 0 Å². The summed E-state index contributed by atoms with van der Waals surface area (Å²) in [5.41, 5.74) is 3.17. The maximum Gasteiger partial charge on any atom is 0.129 e. The molecule has 2 rings (SSSR count). The third kappa shape index (κ3) is 2.79. The van der Waals surface area contributed by atoms with Crippen LogP contribution in [0.4, 0.5) is 10.1 Å². The van der Waals surface area contributed by atoms with Crippen LogP contribution in [0.2, 0.25) is 5.02 Å². The van der Waals surface area contributed by atoms with Crippen molar-refractivity contribution in [3.05, 3.63) is 58.1 Å². The molecule has 0 spiro atoms. The summed E-state index contributed by atoms with van der Waals surface area (Å²) in [6, 6.07) is 5.49. The third-order valence-electron chi connectivity index (χ3n) is 2.75. The van der Waals surface area contributed by atoms with Crippen LogP contribution in [-0.4, -0.2) is 4.98 Å². The average Bonchev–Trinajstić information content (AvgIpc) is 2.35. The highest BCUT2D eigenvalue weighted by Crippen LogP contribution is 2.21. The Morgan fingerprint density at radius 1 is 1.28 bits per heavy atom. The molecule has 1 aromatic carbocycles. The first-order valence-corrected chi connectivity index (χ1v) is 6.04. The van der Waals surface area contributed by atoms with Gasteiger partial charge >= 0.3 is 0 Å².